The summed E-state index contributed by atoms with van der Waals surface area (Å²) in [7, 11) is 0. The van der Waals surface area contributed by atoms with Crippen LogP contribution in [0.3, 0.4) is 0 Å². The number of non-ortho nitro benzene ring substituents is 1. The van der Waals surface area contributed by atoms with Crippen molar-refractivity contribution in [2.45, 2.75) is 0 Å². The number of nitro benzene ring substituents is 1. The lowest BCUT2D eigenvalue weighted by Crippen LogP contribution is -2.01. The summed E-state index contributed by atoms with van der Waals surface area (Å²) in [5.74, 6) is -0.630. The Morgan fingerprint density at radius 2 is 2.12 bits per heavy atom. The van der Waals surface area contributed by atoms with E-state index in [1.54, 1.807) is 6.07 Å². The largest absolute Gasteiger partial charge is 0.311 e. The van der Waals surface area contributed by atoms with E-state index in [9.17, 15) is 19.3 Å². The number of benzene rings is 1. The van der Waals surface area contributed by atoms with Crippen molar-refractivity contribution < 1.29 is 14.1 Å². The maximum Gasteiger partial charge on any atom is 0.271 e. The van der Waals surface area contributed by atoms with Crippen LogP contribution in [-0.2, 0) is 0 Å². The zero-order valence-corrected chi connectivity index (χ0v) is 8.54. The van der Waals surface area contributed by atoms with Crippen LogP contribution >= 0.6 is 0 Å². The third-order valence-electron chi connectivity index (χ3n) is 2.30. The van der Waals surface area contributed by atoms with Crippen molar-refractivity contribution in [2.24, 2.45) is 0 Å². The minimum Gasteiger partial charge on any atom is -0.311 e. The SMILES string of the molecule is O=Cc1cccn1-c1cc([N+](=O)[O-])ccc1F. The van der Waals surface area contributed by atoms with Crippen LogP contribution in [0.25, 0.3) is 5.69 Å². The zero-order valence-electron chi connectivity index (χ0n) is 8.54. The standard InChI is InChI=1S/C11H7FN2O3/c12-10-4-3-8(14(16)17)6-11(10)13-5-1-2-9(13)7-15/h1-7H. The highest BCUT2D eigenvalue weighted by Gasteiger charge is 2.13. The lowest BCUT2D eigenvalue weighted by Gasteiger charge is -2.06. The van der Waals surface area contributed by atoms with E-state index in [4.69, 9.17) is 0 Å². The zero-order chi connectivity index (χ0) is 12.4. The van der Waals surface area contributed by atoms with Crippen molar-refractivity contribution in [1.82, 2.24) is 4.57 Å². The Morgan fingerprint density at radius 3 is 2.76 bits per heavy atom. The van der Waals surface area contributed by atoms with Gasteiger partial charge in [0.05, 0.1) is 16.3 Å². The van der Waals surface area contributed by atoms with E-state index in [-0.39, 0.29) is 17.1 Å². The molecule has 0 amide bonds. The predicted octanol–water partition coefficient (Wildman–Crippen LogP) is 2.34. The third kappa shape index (κ3) is 1.92. The van der Waals surface area contributed by atoms with E-state index in [1.165, 1.54) is 16.8 Å². The first-order chi connectivity index (χ1) is 8.13. The van der Waals surface area contributed by atoms with Gasteiger partial charge in [0.15, 0.2) is 6.29 Å². The molecule has 0 fully saturated rings. The Balaban J connectivity index is 2.62. The molecule has 1 aromatic carbocycles. The molecule has 0 radical (unpaired) electrons. The summed E-state index contributed by atoms with van der Waals surface area (Å²) in [5.41, 5.74) is -0.0253. The van der Waals surface area contributed by atoms with Gasteiger partial charge in [-0.05, 0) is 18.2 Å². The molecule has 86 valence electrons. The molecule has 6 heteroatoms. The molecule has 5 nitrogen and oxygen atoms in total. The summed E-state index contributed by atoms with van der Waals surface area (Å²) in [6.07, 6.45) is 2.02. The van der Waals surface area contributed by atoms with Gasteiger partial charge in [-0.3, -0.25) is 14.9 Å². The Kier molecular flexibility index (Phi) is 2.70. The molecule has 1 aromatic heterocycles. The van der Waals surface area contributed by atoms with Crippen molar-refractivity contribution in [2.75, 3.05) is 0 Å². The number of aldehydes is 1. The second-order valence-electron chi connectivity index (χ2n) is 3.31. The highest BCUT2D eigenvalue weighted by molar-refractivity contribution is 5.74. The van der Waals surface area contributed by atoms with Crippen LogP contribution in [0.2, 0.25) is 0 Å². The fourth-order valence-electron chi connectivity index (χ4n) is 1.51. The molecule has 0 aliphatic rings. The Morgan fingerprint density at radius 1 is 1.35 bits per heavy atom. The first-order valence-electron chi connectivity index (χ1n) is 4.70. The molecule has 0 aliphatic carbocycles. The number of nitro groups is 1. The molecule has 1 heterocycles. The summed E-state index contributed by atoms with van der Waals surface area (Å²) in [6.45, 7) is 0. The highest BCUT2D eigenvalue weighted by Crippen LogP contribution is 2.21. The van der Waals surface area contributed by atoms with E-state index >= 15 is 0 Å². The molecular formula is C11H7FN2O3. The molecule has 2 rings (SSSR count). The van der Waals surface area contributed by atoms with Crippen molar-refractivity contribution in [3.8, 4) is 5.69 Å². The van der Waals surface area contributed by atoms with Crippen molar-refractivity contribution >= 4 is 12.0 Å². The maximum atomic E-state index is 13.6. The van der Waals surface area contributed by atoms with Gasteiger partial charge < -0.3 is 4.57 Å². The van der Waals surface area contributed by atoms with Gasteiger partial charge in [-0.15, -0.1) is 0 Å². The van der Waals surface area contributed by atoms with Crippen molar-refractivity contribution in [1.29, 1.82) is 0 Å². The normalized spacial score (nSPS) is 10.2. The molecule has 0 saturated carbocycles. The van der Waals surface area contributed by atoms with Gasteiger partial charge in [-0.25, -0.2) is 4.39 Å². The second kappa shape index (κ2) is 4.17. The van der Waals surface area contributed by atoms with Crippen molar-refractivity contribution in [3.63, 3.8) is 0 Å². The predicted molar refractivity (Wildman–Crippen MR) is 57.8 cm³/mol. The van der Waals surface area contributed by atoms with Crippen LogP contribution in [-0.4, -0.2) is 15.8 Å². The monoisotopic (exact) mass is 234 g/mol. The molecule has 0 saturated heterocycles. The number of aromatic nitrogens is 1. The number of halogens is 1. The van der Waals surface area contributed by atoms with E-state index in [0.717, 1.165) is 18.2 Å². The summed E-state index contributed by atoms with van der Waals surface area (Å²) in [6, 6.07) is 6.21. The summed E-state index contributed by atoms with van der Waals surface area (Å²) in [5, 5.41) is 10.6. The minimum absolute atomic E-state index is 0.0219. The van der Waals surface area contributed by atoms with Gasteiger partial charge in [0, 0.05) is 18.3 Å². The quantitative estimate of drug-likeness (QED) is 0.465. The summed E-state index contributed by atoms with van der Waals surface area (Å²) < 4.78 is 14.8. The molecule has 0 unspecified atom stereocenters. The molecule has 0 N–H and O–H groups in total. The molecular weight excluding hydrogens is 227 g/mol. The van der Waals surface area contributed by atoms with Gasteiger partial charge in [-0.1, -0.05) is 0 Å². The van der Waals surface area contributed by atoms with E-state index in [0.29, 0.717) is 6.29 Å². The molecule has 0 aliphatic heterocycles. The number of carbonyl (C=O) groups excluding carboxylic acids is 1. The fourth-order valence-corrected chi connectivity index (χ4v) is 1.51. The Bertz CT molecular complexity index is 592. The van der Waals surface area contributed by atoms with Gasteiger partial charge in [0.1, 0.15) is 5.82 Å². The van der Waals surface area contributed by atoms with Crippen molar-refractivity contribution in [3.05, 3.63) is 58.2 Å². The van der Waals surface area contributed by atoms with Crippen LogP contribution in [0.1, 0.15) is 10.5 Å². The lowest BCUT2D eigenvalue weighted by molar-refractivity contribution is -0.384. The molecule has 2 aromatic rings. The highest BCUT2D eigenvalue weighted by atomic mass is 19.1. The van der Waals surface area contributed by atoms with Gasteiger partial charge in [-0.2, -0.15) is 0 Å². The molecule has 0 atom stereocenters. The van der Waals surface area contributed by atoms with E-state index in [1.807, 2.05) is 0 Å². The average molecular weight is 234 g/mol. The van der Waals surface area contributed by atoms with Gasteiger partial charge in [0.25, 0.3) is 5.69 Å². The number of rotatable bonds is 3. The van der Waals surface area contributed by atoms with Gasteiger partial charge >= 0.3 is 0 Å². The second-order valence-corrected chi connectivity index (χ2v) is 3.31. The minimum atomic E-state index is -0.630. The fraction of sp³-hybridized carbons (Fsp3) is 0. The first-order valence-corrected chi connectivity index (χ1v) is 4.70. The number of hydrogen-bond donors (Lipinski definition) is 0. The average Bonchev–Trinajstić information content (AvgIpc) is 2.77. The summed E-state index contributed by atoms with van der Waals surface area (Å²) in [4.78, 5) is 20.7. The van der Waals surface area contributed by atoms with E-state index < -0.39 is 10.7 Å². The molecule has 0 bridgehead atoms. The van der Waals surface area contributed by atoms with Crippen LogP contribution < -0.4 is 0 Å². The van der Waals surface area contributed by atoms with Crippen LogP contribution in [0, 0.1) is 15.9 Å². The van der Waals surface area contributed by atoms with Crippen LogP contribution in [0.5, 0.6) is 0 Å². The smallest absolute Gasteiger partial charge is 0.271 e. The number of carbonyl (C=O) groups is 1. The number of hydrogen-bond acceptors (Lipinski definition) is 3. The number of nitrogens with zero attached hydrogens (tertiary/aromatic N) is 2. The lowest BCUT2D eigenvalue weighted by atomic mass is 10.2. The Hall–Kier alpha value is -2.50. The molecule has 0 spiro atoms. The molecule has 17 heavy (non-hydrogen) atoms. The first kappa shape index (κ1) is 11.0. The topological polar surface area (TPSA) is 65.1 Å². The summed E-state index contributed by atoms with van der Waals surface area (Å²) >= 11 is 0. The Labute approximate surface area is 95.3 Å². The van der Waals surface area contributed by atoms with E-state index in [2.05, 4.69) is 0 Å². The van der Waals surface area contributed by atoms with Crippen LogP contribution in [0.4, 0.5) is 10.1 Å². The van der Waals surface area contributed by atoms with Gasteiger partial charge in [0.2, 0.25) is 0 Å². The maximum absolute atomic E-state index is 13.6. The van der Waals surface area contributed by atoms with Crippen LogP contribution in [0.15, 0.2) is 36.5 Å². The third-order valence-corrected chi connectivity index (χ3v) is 2.30.